The van der Waals surface area contributed by atoms with Gasteiger partial charge in [0.2, 0.25) is 0 Å². The molecule has 0 heterocycles. The number of nitrogens with two attached hydrogens (primary N) is 1. The highest BCUT2D eigenvalue weighted by Gasteiger charge is 2.09. The van der Waals surface area contributed by atoms with Crippen molar-refractivity contribution in [2.45, 2.75) is 6.04 Å². The van der Waals surface area contributed by atoms with Gasteiger partial charge in [0.15, 0.2) is 0 Å². The summed E-state index contributed by atoms with van der Waals surface area (Å²) in [6.07, 6.45) is 0. The first-order valence-electron chi connectivity index (χ1n) is 4.93. The lowest BCUT2D eigenvalue weighted by Gasteiger charge is -2.12. The molecular formula is C13H11BrFN. The number of benzene rings is 2. The summed E-state index contributed by atoms with van der Waals surface area (Å²) in [4.78, 5) is 0. The van der Waals surface area contributed by atoms with E-state index in [2.05, 4.69) is 15.9 Å². The molecule has 0 unspecified atom stereocenters. The summed E-state index contributed by atoms with van der Waals surface area (Å²) in [5.74, 6) is -0.261. The molecule has 0 amide bonds. The highest BCUT2D eigenvalue weighted by Crippen LogP contribution is 2.22. The van der Waals surface area contributed by atoms with Crippen LogP contribution in [0.15, 0.2) is 53.0 Å². The minimum atomic E-state index is -0.298. The quantitative estimate of drug-likeness (QED) is 0.893. The van der Waals surface area contributed by atoms with Crippen molar-refractivity contribution in [1.82, 2.24) is 0 Å². The van der Waals surface area contributed by atoms with Crippen LogP contribution in [0, 0.1) is 5.82 Å². The standard InChI is InChI=1S/C13H11BrFN/c14-11-5-1-3-9(7-11)13(16)10-4-2-6-12(15)8-10/h1-8,13H,16H2/t13-/m0/s1. The van der Waals surface area contributed by atoms with Gasteiger partial charge in [-0.25, -0.2) is 4.39 Å². The van der Waals surface area contributed by atoms with Gasteiger partial charge in [-0.05, 0) is 35.4 Å². The number of rotatable bonds is 2. The van der Waals surface area contributed by atoms with Gasteiger partial charge < -0.3 is 5.73 Å². The lowest BCUT2D eigenvalue weighted by Crippen LogP contribution is -2.11. The Balaban J connectivity index is 2.35. The Bertz CT molecular complexity index is 453. The molecule has 1 nitrogen and oxygen atoms in total. The van der Waals surface area contributed by atoms with E-state index in [1.807, 2.05) is 30.3 Å². The molecule has 0 aliphatic carbocycles. The molecule has 0 saturated heterocycles. The second-order valence-electron chi connectivity index (χ2n) is 3.59. The van der Waals surface area contributed by atoms with E-state index in [0.29, 0.717) is 0 Å². The van der Waals surface area contributed by atoms with Crippen LogP contribution in [0.25, 0.3) is 0 Å². The fourth-order valence-corrected chi connectivity index (χ4v) is 2.01. The summed E-state index contributed by atoms with van der Waals surface area (Å²) in [6.45, 7) is 0. The zero-order valence-corrected chi connectivity index (χ0v) is 10.1. The molecule has 0 fully saturated rings. The minimum Gasteiger partial charge on any atom is -0.320 e. The van der Waals surface area contributed by atoms with Gasteiger partial charge in [0, 0.05) is 4.47 Å². The minimum absolute atomic E-state index is 0.261. The van der Waals surface area contributed by atoms with Crippen LogP contribution in [0.2, 0.25) is 0 Å². The molecule has 2 aromatic carbocycles. The second kappa shape index (κ2) is 4.76. The van der Waals surface area contributed by atoms with Crippen LogP contribution in [-0.4, -0.2) is 0 Å². The molecule has 3 heteroatoms. The van der Waals surface area contributed by atoms with Gasteiger partial charge >= 0.3 is 0 Å². The normalized spacial score (nSPS) is 12.4. The maximum Gasteiger partial charge on any atom is 0.123 e. The summed E-state index contributed by atoms with van der Waals surface area (Å²) < 4.78 is 14.0. The van der Waals surface area contributed by atoms with Crippen LogP contribution < -0.4 is 5.73 Å². The summed E-state index contributed by atoms with van der Waals surface area (Å²) in [5.41, 5.74) is 7.80. The molecule has 0 radical (unpaired) electrons. The fourth-order valence-electron chi connectivity index (χ4n) is 1.59. The first-order valence-corrected chi connectivity index (χ1v) is 5.72. The molecule has 0 aromatic heterocycles. The largest absolute Gasteiger partial charge is 0.320 e. The molecular weight excluding hydrogens is 269 g/mol. The average molecular weight is 280 g/mol. The maximum absolute atomic E-state index is 13.1. The maximum atomic E-state index is 13.1. The summed E-state index contributed by atoms with van der Waals surface area (Å²) in [6, 6.07) is 13.8. The predicted octanol–water partition coefficient (Wildman–Crippen LogP) is 3.64. The van der Waals surface area contributed by atoms with Gasteiger partial charge in [-0.15, -0.1) is 0 Å². The summed E-state index contributed by atoms with van der Waals surface area (Å²) in [5, 5.41) is 0. The first kappa shape index (κ1) is 11.3. The molecule has 2 N–H and O–H groups in total. The van der Waals surface area contributed by atoms with Crippen molar-refractivity contribution in [3.05, 3.63) is 69.9 Å². The third kappa shape index (κ3) is 2.49. The van der Waals surface area contributed by atoms with Crippen molar-refractivity contribution in [2.75, 3.05) is 0 Å². The van der Waals surface area contributed by atoms with E-state index in [4.69, 9.17) is 5.73 Å². The van der Waals surface area contributed by atoms with Crippen LogP contribution >= 0.6 is 15.9 Å². The molecule has 16 heavy (non-hydrogen) atoms. The van der Waals surface area contributed by atoms with Gasteiger partial charge in [0.05, 0.1) is 6.04 Å². The molecule has 1 atom stereocenters. The Kier molecular flexibility index (Phi) is 3.36. The van der Waals surface area contributed by atoms with Crippen molar-refractivity contribution in [2.24, 2.45) is 5.73 Å². The number of hydrogen-bond donors (Lipinski definition) is 1. The topological polar surface area (TPSA) is 26.0 Å². The average Bonchev–Trinajstić information content (AvgIpc) is 2.28. The Morgan fingerprint density at radius 1 is 1.00 bits per heavy atom. The van der Waals surface area contributed by atoms with Crippen molar-refractivity contribution >= 4 is 15.9 Å². The molecule has 0 saturated carbocycles. The van der Waals surface area contributed by atoms with Crippen molar-refractivity contribution in [3.8, 4) is 0 Å². The lowest BCUT2D eigenvalue weighted by molar-refractivity contribution is 0.623. The van der Waals surface area contributed by atoms with Gasteiger partial charge in [-0.3, -0.25) is 0 Å². The van der Waals surface area contributed by atoms with Crippen molar-refractivity contribution in [1.29, 1.82) is 0 Å². The third-order valence-corrected chi connectivity index (χ3v) is 2.91. The van der Waals surface area contributed by atoms with E-state index in [9.17, 15) is 4.39 Å². The summed E-state index contributed by atoms with van der Waals surface area (Å²) >= 11 is 3.39. The van der Waals surface area contributed by atoms with Crippen LogP contribution in [0.3, 0.4) is 0 Å². The van der Waals surface area contributed by atoms with Gasteiger partial charge in [-0.2, -0.15) is 0 Å². The van der Waals surface area contributed by atoms with Crippen molar-refractivity contribution < 1.29 is 4.39 Å². The fraction of sp³-hybridized carbons (Fsp3) is 0.0769. The number of hydrogen-bond acceptors (Lipinski definition) is 1. The van der Waals surface area contributed by atoms with Crippen LogP contribution in [0.1, 0.15) is 17.2 Å². The van der Waals surface area contributed by atoms with E-state index < -0.39 is 0 Å². The molecule has 0 spiro atoms. The third-order valence-electron chi connectivity index (χ3n) is 2.42. The van der Waals surface area contributed by atoms with Gasteiger partial charge in [0.25, 0.3) is 0 Å². The highest BCUT2D eigenvalue weighted by atomic mass is 79.9. The number of halogens is 2. The molecule has 0 bridgehead atoms. The second-order valence-corrected chi connectivity index (χ2v) is 4.50. The monoisotopic (exact) mass is 279 g/mol. The first-order chi connectivity index (χ1) is 7.66. The van der Waals surface area contributed by atoms with Crippen molar-refractivity contribution in [3.63, 3.8) is 0 Å². The van der Waals surface area contributed by atoms with E-state index in [1.54, 1.807) is 6.07 Å². The van der Waals surface area contributed by atoms with E-state index in [-0.39, 0.29) is 11.9 Å². The smallest absolute Gasteiger partial charge is 0.123 e. The predicted molar refractivity (Wildman–Crippen MR) is 66.6 cm³/mol. The lowest BCUT2D eigenvalue weighted by atomic mass is 10.00. The van der Waals surface area contributed by atoms with Crippen LogP contribution in [0.4, 0.5) is 4.39 Å². The Morgan fingerprint density at radius 3 is 2.25 bits per heavy atom. The molecule has 82 valence electrons. The zero-order valence-electron chi connectivity index (χ0n) is 8.53. The van der Waals surface area contributed by atoms with Crippen LogP contribution in [0.5, 0.6) is 0 Å². The van der Waals surface area contributed by atoms with Crippen LogP contribution in [-0.2, 0) is 0 Å². The molecule has 2 aromatic rings. The SMILES string of the molecule is N[C@H](c1cccc(F)c1)c1cccc(Br)c1. The Hall–Kier alpha value is -1.19. The van der Waals surface area contributed by atoms with Gasteiger partial charge in [0.1, 0.15) is 5.82 Å². The van der Waals surface area contributed by atoms with E-state index in [1.165, 1.54) is 12.1 Å². The van der Waals surface area contributed by atoms with E-state index in [0.717, 1.165) is 15.6 Å². The Labute approximate surface area is 102 Å². The van der Waals surface area contributed by atoms with Gasteiger partial charge in [-0.1, -0.05) is 40.2 Å². The van der Waals surface area contributed by atoms with E-state index >= 15 is 0 Å². The highest BCUT2D eigenvalue weighted by molar-refractivity contribution is 9.10. The summed E-state index contributed by atoms with van der Waals surface area (Å²) in [7, 11) is 0. The molecule has 2 rings (SSSR count). The molecule has 0 aliphatic heterocycles. The Morgan fingerprint density at radius 2 is 1.62 bits per heavy atom. The zero-order chi connectivity index (χ0) is 11.5. The molecule has 0 aliphatic rings.